The molecule has 2 rings (SSSR count). The lowest BCUT2D eigenvalue weighted by molar-refractivity contribution is 0.779. The number of pyridine rings is 1. The van der Waals surface area contributed by atoms with E-state index < -0.39 is 0 Å². The summed E-state index contributed by atoms with van der Waals surface area (Å²) in [4.78, 5) is 6.54. The van der Waals surface area contributed by atoms with E-state index in [-0.39, 0.29) is 0 Å². The SMILES string of the molecule is CCCCN(c1ccccc1)c1cccc(C#N)n1. The minimum absolute atomic E-state index is 0.454. The molecule has 2 aromatic rings. The number of para-hydroxylation sites is 1. The quantitative estimate of drug-likeness (QED) is 0.809. The maximum absolute atomic E-state index is 8.96. The third-order valence-electron chi connectivity index (χ3n) is 2.93. The Morgan fingerprint density at radius 2 is 1.89 bits per heavy atom. The van der Waals surface area contributed by atoms with Gasteiger partial charge in [-0.25, -0.2) is 4.98 Å². The number of hydrogen-bond donors (Lipinski definition) is 0. The van der Waals surface area contributed by atoms with Crippen LogP contribution < -0.4 is 4.90 Å². The van der Waals surface area contributed by atoms with Crippen molar-refractivity contribution in [1.29, 1.82) is 5.26 Å². The molecule has 0 amide bonds. The highest BCUT2D eigenvalue weighted by molar-refractivity contribution is 5.60. The van der Waals surface area contributed by atoms with Crippen LogP contribution in [0.5, 0.6) is 0 Å². The minimum Gasteiger partial charge on any atom is -0.326 e. The number of anilines is 2. The van der Waals surface area contributed by atoms with Crippen molar-refractivity contribution in [3.63, 3.8) is 0 Å². The molecule has 19 heavy (non-hydrogen) atoms. The number of rotatable bonds is 5. The maximum Gasteiger partial charge on any atom is 0.142 e. The zero-order valence-corrected chi connectivity index (χ0v) is 11.1. The molecule has 0 aliphatic heterocycles. The summed E-state index contributed by atoms with van der Waals surface area (Å²) in [7, 11) is 0. The molecule has 0 atom stereocenters. The topological polar surface area (TPSA) is 39.9 Å². The van der Waals surface area contributed by atoms with Crippen molar-refractivity contribution in [3.05, 3.63) is 54.2 Å². The first-order valence-electron chi connectivity index (χ1n) is 6.55. The molecule has 0 saturated carbocycles. The largest absolute Gasteiger partial charge is 0.326 e. The molecule has 96 valence electrons. The Hall–Kier alpha value is -2.34. The molecule has 0 unspecified atom stereocenters. The van der Waals surface area contributed by atoms with Gasteiger partial charge in [0.15, 0.2) is 0 Å². The number of benzene rings is 1. The monoisotopic (exact) mass is 251 g/mol. The Balaban J connectivity index is 2.34. The fourth-order valence-corrected chi connectivity index (χ4v) is 1.94. The molecule has 0 spiro atoms. The highest BCUT2D eigenvalue weighted by Gasteiger charge is 2.10. The average Bonchev–Trinajstić information content (AvgIpc) is 2.49. The summed E-state index contributed by atoms with van der Waals surface area (Å²) in [5.74, 6) is 0.832. The number of aromatic nitrogens is 1. The average molecular weight is 251 g/mol. The lowest BCUT2D eigenvalue weighted by Crippen LogP contribution is -2.19. The Labute approximate surface area is 114 Å². The normalized spacial score (nSPS) is 9.89. The van der Waals surface area contributed by atoms with Gasteiger partial charge in [0, 0.05) is 12.2 Å². The predicted molar refractivity (Wildman–Crippen MR) is 77.3 cm³/mol. The van der Waals surface area contributed by atoms with Crippen LogP contribution in [0.1, 0.15) is 25.5 Å². The Bertz CT molecular complexity index is 558. The van der Waals surface area contributed by atoms with E-state index >= 15 is 0 Å². The summed E-state index contributed by atoms with van der Waals surface area (Å²) in [6, 6.07) is 17.8. The highest BCUT2D eigenvalue weighted by atomic mass is 15.2. The van der Waals surface area contributed by atoms with Crippen LogP contribution >= 0.6 is 0 Å². The van der Waals surface area contributed by atoms with Crippen molar-refractivity contribution in [1.82, 2.24) is 4.98 Å². The molecule has 0 N–H and O–H groups in total. The van der Waals surface area contributed by atoms with Gasteiger partial charge in [-0.15, -0.1) is 0 Å². The molecule has 1 aromatic carbocycles. The van der Waals surface area contributed by atoms with E-state index in [0.29, 0.717) is 5.69 Å². The molecule has 0 aliphatic carbocycles. The Kier molecular flexibility index (Phi) is 4.52. The first-order valence-corrected chi connectivity index (χ1v) is 6.55. The summed E-state index contributed by atoms with van der Waals surface area (Å²) >= 11 is 0. The predicted octanol–water partition coefficient (Wildman–Crippen LogP) is 3.89. The lowest BCUT2D eigenvalue weighted by atomic mass is 10.2. The molecular weight excluding hydrogens is 234 g/mol. The molecule has 0 saturated heterocycles. The molecule has 3 heteroatoms. The molecule has 0 fully saturated rings. The Morgan fingerprint density at radius 1 is 1.11 bits per heavy atom. The van der Waals surface area contributed by atoms with E-state index in [9.17, 15) is 0 Å². The van der Waals surface area contributed by atoms with Gasteiger partial charge in [-0.3, -0.25) is 0 Å². The van der Waals surface area contributed by atoms with Crippen LogP contribution in [-0.2, 0) is 0 Å². The third kappa shape index (κ3) is 3.32. The number of nitriles is 1. The minimum atomic E-state index is 0.454. The third-order valence-corrected chi connectivity index (χ3v) is 2.93. The highest BCUT2D eigenvalue weighted by Crippen LogP contribution is 2.23. The number of hydrogen-bond acceptors (Lipinski definition) is 3. The zero-order chi connectivity index (χ0) is 13.5. The molecule has 1 heterocycles. The first kappa shape index (κ1) is 13.1. The van der Waals surface area contributed by atoms with Gasteiger partial charge in [-0.05, 0) is 30.7 Å². The van der Waals surface area contributed by atoms with Crippen molar-refractivity contribution < 1.29 is 0 Å². The summed E-state index contributed by atoms with van der Waals surface area (Å²) in [6.07, 6.45) is 2.22. The van der Waals surface area contributed by atoms with Gasteiger partial charge in [0.2, 0.25) is 0 Å². The van der Waals surface area contributed by atoms with Crippen LogP contribution in [0.15, 0.2) is 48.5 Å². The van der Waals surface area contributed by atoms with Crippen molar-refractivity contribution in [2.45, 2.75) is 19.8 Å². The summed E-state index contributed by atoms with van der Waals surface area (Å²) < 4.78 is 0. The van der Waals surface area contributed by atoms with Crippen LogP contribution in [0.4, 0.5) is 11.5 Å². The van der Waals surface area contributed by atoms with Gasteiger partial charge in [0.05, 0.1) is 0 Å². The number of nitrogens with zero attached hydrogens (tertiary/aromatic N) is 3. The summed E-state index contributed by atoms with van der Waals surface area (Å²) in [6.45, 7) is 3.07. The van der Waals surface area contributed by atoms with Crippen LogP contribution in [0.2, 0.25) is 0 Å². The maximum atomic E-state index is 8.96. The van der Waals surface area contributed by atoms with Gasteiger partial charge in [0.25, 0.3) is 0 Å². The van der Waals surface area contributed by atoms with E-state index in [1.807, 2.05) is 30.3 Å². The molecule has 0 radical (unpaired) electrons. The molecule has 0 bridgehead atoms. The van der Waals surface area contributed by atoms with Crippen molar-refractivity contribution >= 4 is 11.5 Å². The van der Waals surface area contributed by atoms with Crippen LogP contribution in [-0.4, -0.2) is 11.5 Å². The van der Waals surface area contributed by atoms with E-state index in [1.165, 1.54) is 0 Å². The van der Waals surface area contributed by atoms with Gasteiger partial charge >= 0.3 is 0 Å². The van der Waals surface area contributed by atoms with Gasteiger partial charge in [-0.1, -0.05) is 37.6 Å². The number of unbranched alkanes of at least 4 members (excludes halogenated alkanes) is 1. The van der Waals surface area contributed by atoms with E-state index in [0.717, 1.165) is 30.9 Å². The van der Waals surface area contributed by atoms with Gasteiger partial charge in [-0.2, -0.15) is 5.26 Å². The van der Waals surface area contributed by atoms with E-state index in [1.54, 1.807) is 6.07 Å². The summed E-state index contributed by atoms with van der Waals surface area (Å²) in [5, 5.41) is 8.96. The second-order valence-corrected chi connectivity index (χ2v) is 4.33. The van der Waals surface area contributed by atoms with Gasteiger partial charge in [0.1, 0.15) is 17.6 Å². The zero-order valence-electron chi connectivity index (χ0n) is 11.1. The fraction of sp³-hybridized carbons (Fsp3) is 0.250. The van der Waals surface area contributed by atoms with E-state index in [4.69, 9.17) is 5.26 Å². The second-order valence-electron chi connectivity index (χ2n) is 4.33. The van der Waals surface area contributed by atoms with Crippen molar-refractivity contribution in [3.8, 4) is 6.07 Å². The van der Waals surface area contributed by atoms with E-state index in [2.05, 4.69) is 35.0 Å². The van der Waals surface area contributed by atoms with Crippen LogP contribution in [0.25, 0.3) is 0 Å². The fourth-order valence-electron chi connectivity index (χ4n) is 1.94. The lowest BCUT2D eigenvalue weighted by Gasteiger charge is -2.23. The molecular formula is C16H17N3. The van der Waals surface area contributed by atoms with Crippen molar-refractivity contribution in [2.24, 2.45) is 0 Å². The molecule has 3 nitrogen and oxygen atoms in total. The summed E-state index contributed by atoms with van der Waals surface area (Å²) in [5.41, 5.74) is 1.56. The van der Waals surface area contributed by atoms with Crippen molar-refractivity contribution in [2.75, 3.05) is 11.4 Å². The Morgan fingerprint density at radius 3 is 2.58 bits per heavy atom. The first-order chi connectivity index (χ1) is 9.35. The standard InChI is InChI=1S/C16H17N3/c1-2-3-12-19(15-9-5-4-6-10-15)16-11-7-8-14(13-17)18-16/h4-11H,2-3,12H2,1H3. The smallest absolute Gasteiger partial charge is 0.142 e. The molecule has 1 aromatic heterocycles. The van der Waals surface area contributed by atoms with Gasteiger partial charge < -0.3 is 4.90 Å². The second kappa shape index (κ2) is 6.55. The molecule has 0 aliphatic rings. The van der Waals surface area contributed by atoms with Crippen LogP contribution in [0, 0.1) is 11.3 Å². The van der Waals surface area contributed by atoms with Crippen LogP contribution in [0.3, 0.4) is 0 Å².